The van der Waals surface area contributed by atoms with Crippen LogP contribution in [0.25, 0.3) is 0 Å². The van der Waals surface area contributed by atoms with Crippen molar-refractivity contribution >= 4 is 15.9 Å². The molecule has 1 aliphatic carbocycles. The summed E-state index contributed by atoms with van der Waals surface area (Å²) in [5, 5.41) is 3.34. The van der Waals surface area contributed by atoms with Crippen LogP contribution in [-0.2, 0) is 10.0 Å². The molecule has 2 fully saturated rings. The molecular formula is C19H29N3O4S. The van der Waals surface area contributed by atoms with Gasteiger partial charge >= 0.3 is 0 Å². The zero-order chi connectivity index (χ0) is 19.6. The number of ether oxygens (including phenoxy) is 1. The zero-order valence-electron chi connectivity index (χ0n) is 16.2. The van der Waals surface area contributed by atoms with E-state index in [-0.39, 0.29) is 34.7 Å². The van der Waals surface area contributed by atoms with Crippen LogP contribution in [0.1, 0.15) is 49.9 Å². The van der Waals surface area contributed by atoms with Gasteiger partial charge in [0.15, 0.2) is 0 Å². The molecular weight excluding hydrogens is 366 g/mol. The maximum absolute atomic E-state index is 13.0. The third-order valence-electron chi connectivity index (χ3n) is 5.67. The van der Waals surface area contributed by atoms with E-state index in [1.54, 1.807) is 17.0 Å². The Morgan fingerprint density at radius 2 is 1.96 bits per heavy atom. The van der Waals surface area contributed by atoms with Crippen LogP contribution in [-0.4, -0.2) is 57.5 Å². The number of benzene rings is 1. The molecule has 3 rings (SSSR count). The number of hydrogen-bond donors (Lipinski definition) is 2. The molecule has 2 aliphatic rings. The second-order valence-electron chi connectivity index (χ2n) is 7.45. The Labute approximate surface area is 161 Å². The molecule has 7 nitrogen and oxygen atoms in total. The second kappa shape index (κ2) is 8.16. The number of methoxy groups -OCH3 is 1. The minimum Gasteiger partial charge on any atom is -0.495 e. The molecule has 2 unspecified atom stereocenters. The fourth-order valence-corrected chi connectivity index (χ4v) is 5.36. The van der Waals surface area contributed by atoms with E-state index < -0.39 is 10.0 Å². The van der Waals surface area contributed by atoms with Crippen molar-refractivity contribution < 1.29 is 17.9 Å². The molecule has 1 aliphatic heterocycles. The summed E-state index contributed by atoms with van der Waals surface area (Å²) in [6.07, 6.45) is 3.75. The maximum atomic E-state index is 13.0. The van der Waals surface area contributed by atoms with E-state index in [9.17, 15) is 13.2 Å². The van der Waals surface area contributed by atoms with Crippen molar-refractivity contribution in [2.45, 2.75) is 62.6 Å². The van der Waals surface area contributed by atoms with Crippen molar-refractivity contribution in [3.63, 3.8) is 0 Å². The highest BCUT2D eigenvalue weighted by Gasteiger charge is 2.31. The highest BCUT2D eigenvalue weighted by molar-refractivity contribution is 7.89. The summed E-state index contributed by atoms with van der Waals surface area (Å²) in [5.74, 6) is 0.0922. The lowest BCUT2D eigenvalue weighted by Crippen LogP contribution is -2.57. The van der Waals surface area contributed by atoms with Gasteiger partial charge in [0.05, 0.1) is 7.11 Å². The Morgan fingerprint density at radius 1 is 1.26 bits per heavy atom. The minimum absolute atomic E-state index is 0.0265. The van der Waals surface area contributed by atoms with Crippen molar-refractivity contribution in [2.75, 3.05) is 20.2 Å². The molecule has 1 heterocycles. The van der Waals surface area contributed by atoms with Crippen LogP contribution >= 0.6 is 0 Å². The molecule has 0 radical (unpaired) electrons. The zero-order valence-corrected chi connectivity index (χ0v) is 17.0. The van der Waals surface area contributed by atoms with E-state index in [2.05, 4.69) is 10.0 Å². The Hall–Kier alpha value is -1.64. The van der Waals surface area contributed by atoms with Gasteiger partial charge in [0.1, 0.15) is 10.6 Å². The standard InChI is InChI=1S/C19H29N3O4S/c1-13-14(2)22(11-10-20-13)19(23)15-8-9-17(26-3)18(12-15)27(24,25)21-16-6-4-5-7-16/h8-9,12-14,16,20-21H,4-7,10-11H2,1-3H3. The molecule has 0 spiro atoms. The summed E-state index contributed by atoms with van der Waals surface area (Å²) in [6.45, 7) is 5.36. The van der Waals surface area contributed by atoms with Crippen molar-refractivity contribution in [2.24, 2.45) is 0 Å². The summed E-state index contributed by atoms with van der Waals surface area (Å²) < 4.78 is 33.8. The number of nitrogens with one attached hydrogen (secondary N) is 2. The quantitative estimate of drug-likeness (QED) is 0.793. The maximum Gasteiger partial charge on any atom is 0.254 e. The van der Waals surface area contributed by atoms with Crippen LogP contribution in [0.4, 0.5) is 0 Å². The molecule has 1 amide bonds. The third kappa shape index (κ3) is 4.28. The number of nitrogens with zero attached hydrogens (tertiary/aromatic N) is 1. The lowest BCUT2D eigenvalue weighted by Gasteiger charge is -2.38. The molecule has 1 aromatic carbocycles. The van der Waals surface area contributed by atoms with Gasteiger partial charge in [0, 0.05) is 36.8 Å². The summed E-state index contributed by atoms with van der Waals surface area (Å²) in [7, 11) is -2.32. The Morgan fingerprint density at radius 3 is 2.63 bits per heavy atom. The largest absolute Gasteiger partial charge is 0.495 e. The van der Waals surface area contributed by atoms with Crippen molar-refractivity contribution in [1.29, 1.82) is 0 Å². The number of hydrogen-bond acceptors (Lipinski definition) is 5. The van der Waals surface area contributed by atoms with E-state index in [0.29, 0.717) is 12.1 Å². The topological polar surface area (TPSA) is 87.7 Å². The van der Waals surface area contributed by atoms with Crippen LogP contribution < -0.4 is 14.8 Å². The van der Waals surface area contributed by atoms with Gasteiger partial charge in [-0.3, -0.25) is 4.79 Å². The van der Waals surface area contributed by atoms with Gasteiger partial charge in [-0.15, -0.1) is 0 Å². The third-order valence-corrected chi connectivity index (χ3v) is 7.21. The molecule has 1 saturated heterocycles. The summed E-state index contributed by atoms with van der Waals surface area (Å²) in [5.41, 5.74) is 0.364. The van der Waals surface area contributed by atoms with Crippen molar-refractivity contribution in [1.82, 2.24) is 14.9 Å². The first-order chi connectivity index (χ1) is 12.8. The first-order valence-electron chi connectivity index (χ1n) is 9.58. The van der Waals surface area contributed by atoms with E-state index in [1.807, 2.05) is 13.8 Å². The second-order valence-corrected chi connectivity index (χ2v) is 9.13. The molecule has 2 N–H and O–H groups in total. The lowest BCUT2D eigenvalue weighted by atomic mass is 10.1. The highest BCUT2D eigenvalue weighted by atomic mass is 32.2. The fourth-order valence-electron chi connectivity index (χ4n) is 3.86. The smallest absolute Gasteiger partial charge is 0.254 e. The molecule has 0 aromatic heterocycles. The predicted octanol–water partition coefficient (Wildman–Crippen LogP) is 1.74. The van der Waals surface area contributed by atoms with Crippen molar-refractivity contribution in [3.05, 3.63) is 23.8 Å². The summed E-state index contributed by atoms with van der Waals surface area (Å²) in [4.78, 5) is 14.8. The first-order valence-corrected chi connectivity index (χ1v) is 11.1. The van der Waals surface area contributed by atoms with Gasteiger partial charge in [-0.1, -0.05) is 12.8 Å². The van der Waals surface area contributed by atoms with Crippen LogP contribution in [0, 0.1) is 0 Å². The number of rotatable bonds is 5. The number of piperazine rings is 1. The molecule has 2 atom stereocenters. The summed E-state index contributed by atoms with van der Waals surface area (Å²) in [6, 6.07) is 4.81. The van der Waals surface area contributed by atoms with Gasteiger partial charge in [0.2, 0.25) is 10.0 Å². The Kier molecular flexibility index (Phi) is 6.08. The fraction of sp³-hybridized carbons (Fsp3) is 0.632. The van der Waals surface area contributed by atoms with Gasteiger partial charge < -0.3 is 15.0 Å². The molecule has 27 heavy (non-hydrogen) atoms. The van der Waals surface area contributed by atoms with Crippen LogP contribution in [0.15, 0.2) is 23.1 Å². The highest BCUT2D eigenvalue weighted by Crippen LogP contribution is 2.28. The Bertz CT molecular complexity index is 790. The predicted molar refractivity (Wildman–Crippen MR) is 104 cm³/mol. The molecule has 1 aromatic rings. The SMILES string of the molecule is COc1ccc(C(=O)N2CCNC(C)C2C)cc1S(=O)(=O)NC1CCCC1. The van der Waals surface area contributed by atoms with Gasteiger partial charge in [-0.25, -0.2) is 13.1 Å². The normalized spacial score (nSPS) is 24.2. The lowest BCUT2D eigenvalue weighted by molar-refractivity contribution is 0.0602. The van der Waals surface area contributed by atoms with Gasteiger partial charge in [-0.05, 0) is 44.9 Å². The average molecular weight is 396 g/mol. The number of carbonyl (C=O) groups excluding carboxylic acids is 1. The van der Waals surface area contributed by atoms with Gasteiger partial charge in [0.25, 0.3) is 5.91 Å². The molecule has 150 valence electrons. The van der Waals surface area contributed by atoms with E-state index in [4.69, 9.17) is 4.74 Å². The average Bonchev–Trinajstić information content (AvgIpc) is 3.15. The van der Waals surface area contributed by atoms with E-state index in [1.165, 1.54) is 13.2 Å². The molecule has 8 heteroatoms. The number of sulfonamides is 1. The van der Waals surface area contributed by atoms with E-state index >= 15 is 0 Å². The molecule has 1 saturated carbocycles. The van der Waals surface area contributed by atoms with E-state index in [0.717, 1.165) is 32.2 Å². The molecule has 0 bridgehead atoms. The number of carbonyl (C=O) groups is 1. The summed E-state index contributed by atoms with van der Waals surface area (Å²) >= 11 is 0. The van der Waals surface area contributed by atoms with Crippen LogP contribution in [0.5, 0.6) is 5.75 Å². The van der Waals surface area contributed by atoms with Crippen LogP contribution in [0.3, 0.4) is 0 Å². The Balaban J connectivity index is 1.89. The number of amides is 1. The monoisotopic (exact) mass is 395 g/mol. The minimum atomic E-state index is -3.76. The van der Waals surface area contributed by atoms with Gasteiger partial charge in [-0.2, -0.15) is 0 Å². The van der Waals surface area contributed by atoms with Crippen molar-refractivity contribution in [3.8, 4) is 5.75 Å². The van der Waals surface area contributed by atoms with Crippen LogP contribution in [0.2, 0.25) is 0 Å². The first kappa shape index (κ1) is 20.1.